The molecule has 0 aliphatic carbocycles. The highest BCUT2D eigenvalue weighted by molar-refractivity contribution is 6.42. The molecule has 0 radical (unpaired) electrons. The Morgan fingerprint density at radius 3 is 2.49 bits per heavy atom. The van der Waals surface area contributed by atoms with Crippen LogP contribution in [0.25, 0.3) is 0 Å². The molecule has 0 aliphatic heterocycles. The molecule has 0 saturated heterocycles. The van der Waals surface area contributed by atoms with Crippen LogP contribution >= 0.6 is 46.4 Å². The lowest BCUT2D eigenvalue weighted by atomic mass is 10.1. The number of hydrogen-bond acceptors (Lipinski definition) is 5. The second-order valence-corrected chi connectivity index (χ2v) is 9.24. The Hall–Kier alpha value is -2.48. The highest BCUT2D eigenvalue weighted by Crippen LogP contribution is 2.29. The number of carbonyl (C=O) groups excluding carboxylic acids is 1. The van der Waals surface area contributed by atoms with Crippen molar-refractivity contribution in [3.8, 4) is 11.5 Å². The van der Waals surface area contributed by atoms with E-state index in [1.54, 1.807) is 12.1 Å². The van der Waals surface area contributed by atoms with Gasteiger partial charge in [0.2, 0.25) is 0 Å². The van der Waals surface area contributed by atoms with Crippen LogP contribution in [-0.2, 0) is 6.42 Å². The third kappa shape index (κ3) is 8.02. The van der Waals surface area contributed by atoms with Gasteiger partial charge >= 0.3 is 0 Å². The van der Waals surface area contributed by atoms with Crippen LogP contribution in [0.15, 0.2) is 53.6 Å². The molecule has 3 aromatic rings. The third-order valence-corrected chi connectivity index (χ3v) is 6.26. The molecule has 3 N–H and O–H groups in total. The number of nitrogens with one attached hydrogen (secondary N) is 2. The number of hydrogen-bond donors (Lipinski definition) is 3. The Kier molecular flexibility index (Phi) is 10.1. The van der Waals surface area contributed by atoms with Crippen LogP contribution in [0.3, 0.4) is 0 Å². The van der Waals surface area contributed by atoms with Gasteiger partial charge in [-0.3, -0.25) is 4.79 Å². The Morgan fingerprint density at radius 2 is 1.77 bits per heavy atom. The van der Waals surface area contributed by atoms with E-state index >= 15 is 0 Å². The average molecular weight is 555 g/mol. The van der Waals surface area contributed by atoms with E-state index in [1.807, 2.05) is 25.1 Å². The molecule has 10 heteroatoms. The third-order valence-electron chi connectivity index (χ3n) is 4.94. The summed E-state index contributed by atoms with van der Waals surface area (Å²) in [5.41, 5.74) is 5.33. The molecule has 6 nitrogen and oxygen atoms in total. The van der Waals surface area contributed by atoms with Crippen LogP contribution < -0.4 is 15.5 Å². The number of amides is 1. The molecule has 3 rings (SSSR count). The minimum absolute atomic E-state index is 0.0845. The second-order valence-electron chi connectivity index (χ2n) is 7.61. The molecule has 35 heavy (non-hydrogen) atoms. The van der Waals surface area contributed by atoms with Crippen molar-refractivity contribution in [3.05, 3.63) is 90.9 Å². The van der Waals surface area contributed by atoms with Crippen molar-refractivity contribution in [2.75, 3.05) is 19.7 Å². The fourth-order valence-electron chi connectivity index (χ4n) is 3.17. The minimum atomic E-state index is -0.461. The summed E-state index contributed by atoms with van der Waals surface area (Å²) in [5.74, 6) is 0.0358. The first kappa shape index (κ1) is 27.1. The summed E-state index contributed by atoms with van der Waals surface area (Å²) in [6.45, 7) is 3.74. The van der Waals surface area contributed by atoms with E-state index in [1.165, 1.54) is 24.4 Å². The summed E-state index contributed by atoms with van der Waals surface area (Å²) >= 11 is 24.2. The molecular formula is C25H23Cl4N3O3. The van der Waals surface area contributed by atoms with Gasteiger partial charge in [0.15, 0.2) is 0 Å². The van der Waals surface area contributed by atoms with Crippen molar-refractivity contribution in [2.45, 2.75) is 13.3 Å². The predicted octanol–water partition coefficient (Wildman–Crippen LogP) is 6.29. The largest absolute Gasteiger partial charge is 0.506 e. The summed E-state index contributed by atoms with van der Waals surface area (Å²) in [7, 11) is 0. The molecule has 3 aromatic carbocycles. The maximum atomic E-state index is 12.2. The van der Waals surface area contributed by atoms with Crippen molar-refractivity contribution < 1.29 is 14.6 Å². The number of hydrazone groups is 1. The zero-order valence-corrected chi connectivity index (χ0v) is 21.8. The highest BCUT2D eigenvalue weighted by atomic mass is 35.5. The Bertz CT molecular complexity index is 1210. The van der Waals surface area contributed by atoms with E-state index < -0.39 is 5.91 Å². The normalized spacial score (nSPS) is 11.1. The van der Waals surface area contributed by atoms with Crippen LogP contribution in [-0.4, -0.2) is 36.9 Å². The number of aromatic hydroxyl groups is 1. The summed E-state index contributed by atoms with van der Waals surface area (Å²) in [6.07, 6.45) is 2.30. The zero-order chi connectivity index (χ0) is 25.4. The molecule has 0 aromatic heterocycles. The fourth-order valence-corrected chi connectivity index (χ4v) is 4.00. The maximum Gasteiger partial charge on any atom is 0.271 e. The lowest BCUT2D eigenvalue weighted by molar-refractivity contribution is 0.0955. The number of carbonyl (C=O) groups is 1. The summed E-state index contributed by atoms with van der Waals surface area (Å²) in [5, 5.41) is 18.4. The average Bonchev–Trinajstić information content (AvgIpc) is 2.81. The first-order chi connectivity index (χ1) is 16.7. The Labute approximate surface area is 223 Å². The molecule has 0 atom stereocenters. The monoisotopic (exact) mass is 553 g/mol. The maximum absolute atomic E-state index is 12.2. The van der Waals surface area contributed by atoms with Crippen LogP contribution in [0, 0.1) is 6.92 Å². The topological polar surface area (TPSA) is 83.0 Å². The number of benzene rings is 3. The van der Waals surface area contributed by atoms with E-state index in [4.69, 9.17) is 51.1 Å². The molecule has 184 valence electrons. The van der Waals surface area contributed by atoms with Crippen molar-refractivity contribution in [2.24, 2.45) is 5.10 Å². The van der Waals surface area contributed by atoms with Gasteiger partial charge in [-0.2, -0.15) is 5.10 Å². The number of rotatable bonds is 10. The van der Waals surface area contributed by atoms with E-state index in [9.17, 15) is 9.90 Å². The number of nitrogens with zero attached hydrogens (tertiary/aromatic N) is 1. The Morgan fingerprint density at radius 1 is 0.971 bits per heavy atom. The van der Waals surface area contributed by atoms with Gasteiger partial charge in [-0.25, -0.2) is 5.43 Å². The molecule has 0 unspecified atom stereocenters. The fraction of sp³-hybridized carbons (Fsp3) is 0.200. The molecule has 0 heterocycles. The first-order valence-electron chi connectivity index (χ1n) is 10.6. The minimum Gasteiger partial charge on any atom is -0.506 e. The lowest BCUT2D eigenvalue weighted by Gasteiger charge is -2.12. The van der Waals surface area contributed by atoms with Crippen LogP contribution in [0.4, 0.5) is 0 Å². The van der Waals surface area contributed by atoms with Gasteiger partial charge in [0.1, 0.15) is 18.1 Å². The van der Waals surface area contributed by atoms with E-state index in [2.05, 4.69) is 15.8 Å². The van der Waals surface area contributed by atoms with Crippen molar-refractivity contribution >= 4 is 58.5 Å². The van der Waals surface area contributed by atoms with Gasteiger partial charge in [-0.15, -0.1) is 0 Å². The molecule has 0 spiro atoms. The van der Waals surface area contributed by atoms with Gasteiger partial charge in [-0.1, -0.05) is 52.5 Å². The molecular weight excluding hydrogens is 532 g/mol. The van der Waals surface area contributed by atoms with E-state index in [0.717, 1.165) is 24.1 Å². The SMILES string of the molecule is Cc1cc(/C=N/NC(=O)c2ccc(O)c(Cl)c2)cc(Cl)c1OCCNCCc1ccc(Cl)c(Cl)c1. The second kappa shape index (κ2) is 13.0. The van der Waals surface area contributed by atoms with Crippen LogP contribution in [0.5, 0.6) is 11.5 Å². The van der Waals surface area contributed by atoms with Crippen molar-refractivity contribution in [1.29, 1.82) is 0 Å². The van der Waals surface area contributed by atoms with Crippen molar-refractivity contribution in [1.82, 2.24) is 10.7 Å². The summed E-state index contributed by atoms with van der Waals surface area (Å²) < 4.78 is 5.85. The quantitative estimate of drug-likeness (QED) is 0.156. The standard InChI is InChI=1S/C25H23Cl4N3O3/c1-15-10-17(14-31-32-25(34)18-3-5-23(33)21(28)13-18)12-22(29)24(15)35-9-8-30-7-6-16-2-4-19(26)20(27)11-16/h2-5,10-14,30,33H,6-9H2,1H3,(H,32,34)/b31-14+. The molecule has 0 bridgehead atoms. The molecule has 0 aliphatic rings. The summed E-state index contributed by atoms with van der Waals surface area (Å²) in [6, 6.07) is 13.3. The highest BCUT2D eigenvalue weighted by Gasteiger charge is 2.09. The number of phenolic OH excluding ortho intramolecular Hbond substituents is 1. The van der Waals surface area contributed by atoms with Gasteiger partial charge in [0, 0.05) is 12.1 Å². The first-order valence-corrected chi connectivity index (χ1v) is 12.2. The molecule has 0 saturated carbocycles. The Balaban J connectivity index is 1.45. The number of phenols is 1. The number of halogens is 4. The lowest BCUT2D eigenvalue weighted by Crippen LogP contribution is -2.23. The van der Waals surface area contributed by atoms with Gasteiger partial charge in [-0.05, 0) is 79.0 Å². The van der Waals surface area contributed by atoms with E-state index in [-0.39, 0.29) is 16.3 Å². The van der Waals surface area contributed by atoms with Gasteiger partial charge in [0.25, 0.3) is 5.91 Å². The molecule has 0 fully saturated rings. The predicted molar refractivity (Wildman–Crippen MR) is 143 cm³/mol. The van der Waals surface area contributed by atoms with Crippen LogP contribution in [0.1, 0.15) is 27.0 Å². The number of aryl methyl sites for hydroxylation is 1. The van der Waals surface area contributed by atoms with E-state index in [0.29, 0.717) is 39.5 Å². The van der Waals surface area contributed by atoms with Crippen LogP contribution in [0.2, 0.25) is 20.1 Å². The summed E-state index contributed by atoms with van der Waals surface area (Å²) in [4.78, 5) is 12.2. The molecule has 1 amide bonds. The van der Waals surface area contributed by atoms with Crippen molar-refractivity contribution in [3.63, 3.8) is 0 Å². The smallest absolute Gasteiger partial charge is 0.271 e. The number of ether oxygens (including phenoxy) is 1. The van der Waals surface area contributed by atoms with Gasteiger partial charge in [0.05, 0.1) is 26.3 Å². The zero-order valence-electron chi connectivity index (χ0n) is 18.7. The van der Waals surface area contributed by atoms with Gasteiger partial charge < -0.3 is 15.2 Å².